The lowest BCUT2D eigenvalue weighted by Gasteiger charge is -2.36. The molecule has 1 aromatic heterocycles. The van der Waals surface area contributed by atoms with E-state index in [1.807, 2.05) is 18.7 Å². The molecule has 1 aliphatic heterocycles. The first kappa shape index (κ1) is 21.1. The van der Waals surface area contributed by atoms with E-state index in [9.17, 15) is 9.59 Å². The maximum absolute atomic E-state index is 12.6. The third kappa shape index (κ3) is 6.19. The molecule has 7 nitrogen and oxygen atoms in total. The molecule has 0 aliphatic carbocycles. The molecule has 8 heteroatoms. The minimum absolute atomic E-state index is 0.0631. The fourth-order valence-corrected chi connectivity index (χ4v) is 3.81. The summed E-state index contributed by atoms with van der Waals surface area (Å²) in [7, 11) is 0. The minimum atomic E-state index is -0.516. The molecule has 2 heterocycles. The number of aryl methyl sites for hydroxylation is 1. The van der Waals surface area contributed by atoms with Gasteiger partial charge in [-0.2, -0.15) is 0 Å². The number of piperazine rings is 1. The van der Waals surface area contributed by atoms with Gasteiger partial charge < -0.3 is 14.5 Å². The molecule has 156 valence electrons. The molecule has 1 aromatic carbocycles. The molecule has 2 amide bonds. The molecule has 0 spiro atoms. The molecular formula is C21H28N4O3S. The standard InChI is InChI=1S/C21H28N4O3S/c1-15(2)13-28-21(27)23-20-22-17(14-29-20)12-19(26)25-9-7-24(8-10-25)18-6-4-5-16(3)11-18/h4-6,11,14-15H,7-10,12-13H2,1-3H3,(H,22,23,27). The van der Waals surface area contributed by atoms with Crippen LogP contribution in [0.15, 0.2) is 29.6 Å². The van der Waals surface area contributed by atoms with Gasteiger partial charge in [0, 0.05) is 37.2 Å². The highest BCUT2D eigenvalue weighted by Crippen LogP contribution is 2.19. The minimum Gasteiger partial charge on any atom is -0.449 e. The lowest BCUT2D eigenvalue weighted by molar-refractivity contribution is -0.130. The summed E-state index contributed by atoms with van der Waals surface area (Å²) in [5.74, 6) is 0.338. The second kappa shape index (κ2) is 9.73. The quantitative estimate of drug-likeness (QED) is 0.780. The number of benzene rings is 1. The summed E-state index contributed by atoms with van der Waals surface area (Å²) in [6, 6.07) is 8.44. The lowest BCUT2D eigenvalue weighted by Crippen LogP contribution is -2.49. The number of aromatic nitrogens is 1. The van der Waals surface area contributed by atoms with Crippen molar-refractivity contribution < 1.29 is 14.3 Å². The van der Waals surface area contributed by atoms with E-state index >= 15 is 0 Å². The van der Waals surface area contributed by atoms with E-state index in [0.717, 1.165) is 13.1 Å². The average molecular weight is 417 g/mol. The molecule has 1 fully saturated rings. The van der Waals surface area contributed by atoms with Crippen LogP contribution in [0.3, 0.4) is 0 Å². The number of thiazole rings is 1. The molecule has 1 saturated heterocycles. The predicted molar refractivity (Wildman–Crippen MR) is 116 cm³/mol. The molecule has 29 heavy (non-hydrogen) atoms. The van der Waals surface area contributed by atoms with Gasteiger partial charge in [0.15, 0.2) is 5.13 Å². The van der Waals surface area contributed by atoms with Crippen molar-refractivity contribution in [1.29, 1.82) is 0 Å². The topological polar surface area (TPSA) is 74.8 Å². The third-order valence-corrected chi connectivity index (χ3v) is 5.45. The van der Waals surface area contributed by atoms with Gasteiger partial charge >= 0.3 is 6.09 Å². The van der Waals surface area contributed by atoms with Gasteiger partial charge in [0.25, 0.3) is 0 Å². The molecule has 3 rings (SSSR count). The van der Waals surface area contributed by atoms with Gasteiger partial charge in [-0.1, -0.05) is 26.0 Å². The molecular weight excluding hydrogens is 388 g/mol. The zero-order valence-electron chi connectivity index (χ0n) is 17.2. The second-order valence-electron chi connectivity index (χ2n) is 7.64. The number of nitrogens with one attached hydrogen (secondary N) is 1. The number of anilines is 2. The highest BCUT2D eigenvalue weighted by Gasteiger charge is 2.22. The van der Waals surface area contributed by atoms with Crippen LogP contribution in [0.1, 0.15) is 25.1 Å². The predicted octanol–water partition coefficient (Wildman–Crippen LogP) is 3.55. The van der Waals surface area contributed by atoms with E-state index < -0.39 is 6.09 Å². The van der Waals surface area contributed by atoms with Crippen LogP contribution in [-0.4, -0.2) is 54.7 Å². The Balaban J connectivity index is 1.46. The van der Waals surface area contributed by atoms with Crippen LogP contribution >= 0.6 is 11.3 Å². The fraction of sp³-hybridized carbons (Fsp3) is 0.476. The van der Waals surface area contributed by atoms with E-state index in [0.29, 0.717) is 30.5 Å². The Hall–Kier alpha value is -2.61. The Morgan fingerprint density at radius 1 is 1.24 bits per heavy atom. The summed E-state index contributed by atoms with van der Waals surface area (Å²) in [4.78, 5) is 32.9. The van der Waals surface area contributed by atoms with Crippen LogP contribution in [-0.2, 0) is 16.0 Å². The molecule has 0 radical (unpaired) electrons. The van der Waals surface area contributed by atoms with Crippen molar-refractivity contribution in [2.75, 3.05) is 43.0 Å². The van der Waals surface area contributed by atoms with Gasteiger partial charge in [-0.15, -0.1) is 11.3 Å². The molecule has 1 N–H and O–H groups in total. The van der Waals surface area contributed by atoms with Crippen LogP contribution in [0.4, 0.5) is 15.6 Å². The van der Waals surface area contributed by atoms with Crippen molar-refractivity contribution in [2.45, 2.75) is 27.2 Å². The van der Waals surface area contributed by atoms with Gasteiger partial charge in [-0.05, 0) is 30.5 Å². The zero-order chi connectivity index (χ0) is 20.8. The molecule has 0 bridgehead atoms. The van der Waals surface area contributed by atoms with E-state index in [1.54, 1.807) is 5.38 Å². The van der Waals surface area contributed by atoms with E-state index in [4.69, 9.17) is 4.74 Å². The van der Waals surface area contributed by atoms with Crippen molar-refractivity contribution in [1.82, 2.24) is 9.88 Å². The van der Waals surface area contributed by atoms with Gasteiger partial charge in [0.2, 0.25) is 5.91 Å². The number of carbonyl (C=O) groups excluding carboxylic acids is 2. The third-order valence-electron chi connectivity index (χ3n) is 4.64. The van der Waals surface area contributed by atoms with Crippen LogP contribution in [0.2, 0.25) is 0 Å². The Labute approximate surface area is 175 Å². The summed E-state index contributed by atoms with van der Waals surface area (Å²) >= 11 is 1.30. The fourth-order valence-electron chi connectivity index (χ4n) is 3.12. The molecule has 0 saturated carbocycles. The number of rotatable bonds is 6. The average Bonchev–Trinajstić information content (AvgIpc) is 3.13. The van der Waals surface area contributed by atoms with Crippen molar-refractivity contribution in [3.8, 4) is 0 Å². The van der Waals surface area contributed by atoms with Crippen molar-refractivity contribution >= 4 is 34.2 Å². The van der Waals surface area contributed by atoms with Crippen molar-refractivity contribution in [3.63, 3.8) is 0 Å². The highest BCUT2D eigenvalue weighted by atomic mass is 32.1. The van der Waals surface area contributed by atoms with Crippen molar-refractivity contribution in [3.05, 3.63) is 40.9 Å². The van der Waals surface area contributed by atoms with E-state index in [2.05, 4.69) is 46.4 Å². The molecule has 2 aromatic rings. The SMILES string of the molecule is Cc1cccc(N2CCN(C(=O)Cc3csc(NC(=O)OCC(C)C)n3)CC2)c1. The Bertz CT molecular complexity index is 844. The summed E-state index contributed by atoms with van der Waals surface area (Å²) in [6.07, 6.45) is -0.276. The summed E-state index contributed by atoms with van der Waals surface area (Å²) in [5.41, 5.74) is 3.11. The largest absolute Gasteiger partial charge is 0.449 e. The van der Waals surface area contributed by atoms with Gasteiger partial charge in [0.1, 0.15) is 0 Å². The number of carbonyl (C=O) groups is 2. The lowest BCUT2D eigenvalue weighted by atomic mass is 10.2. The summed E-state index contributed by atoms with van der Waals surface area (Å²) in [6.45, 7) is 9.43. The molecule has 1 aliphatic rings. The number of amides is 2. The number of hydrogen-bond acceptors (Lipinski definition) is 6. The maximum atomic E-state index is 12.6. The second-order valence-corrected chi connectivity index (χ2v) is 8.50. The Morgan fingerprint density at radius 3 is 2.69 bits per heavy atom. The zero-order valence-corrected chi connectivity index (χ0v) is 18.0. The van der Waals surface area contributed by atoms with Gasteiger partial charge in [-0.25, -0.2) is 9.78 Å². The number of hydrogen-bond donors (Lipinski definition) is 1. The van der Waals surface area contributed by atoms with Crippen LogP contribution in [0.25, 0.3) is 0 Å². The summed E-state index contributed by atoms with van der Waals surface area (Å²) in [5, 5.41) is 4.87. The first-order valence-electron chi connectivity index (χ1n) is 9.88. The first-order chi connectivity index (χ1) is 13.9. The smallest absolute Gasteiger partial charge is 0.413 e. The van der Waals surface area contributed by atoms with Crippen molar-refractivity contribution in [2.24, 2.45) is 5.92 Å². The number of nitrogens with zero attached hydrogens (tertiary/aromatic N) is 3. The highest BCUT2D eigenvalue weighted by molar-refractivity contribution is 7.13. The summed E-state index contributed by atoms with van der Waals surface area (Å²) < 4.78 is 5.08. The maximum Gasteiger partial charge on any atom is 0.413 e. The Kier molecular flexibility index (Phi) is 7.09. The first-order valence-corrected chi connectivity index (χ1v) is 10.8. The van der Waals surface area contributed by atoms with Gasteiger partial charge in [-0.3, -0.25) is 10.1 Å². The van der Waals surface area contributed by atoms with E-state index in [1.165, 1.54) is 22.6 Å². The Morgan fingerprint density at radius 2 is 2.00 bits per heavy atom. The number of ether oxygens (including phenoxy) is 1. The normalized spacial score (nSPS) is 14.2. The van der Waals surface area contributed by atoms with Crippen LogP contribution < -0.4 is 10.2 Å². The monoisotopic (exact) mass is 416 g/mol. The van der Waals surface area contributed by atoms with Gasteiger partial charge in [0.05, 0.1) is 18.7 Å². The van der Waals surface area contributed by atoms with E-state index in [-0.39, 0.29) is 18.2 Å². The molecule has 0 unspecified atom stereocenters. The molecule has 0 atom stereocenters. The van der Waals surface area contributed by atoms with Crippen LogP contribution in [0.5, 0.6) is 0 Å². The van der Waals surface area contributed by atoms with Crippen LogP contribution in [0, 0.1) is 12.8 Å².